The molecule has 0 saturated carbocycles. The van der Waals surface area contributed by atoms with E-state index in [2.05, 4.69) is 10.4 Å². The number of anilines is 1. The fourth-order valence-electron chi connectivity index (χ4n) is 3.45. The lowest BCUT2D eigenvalue weighted by Gasteiger charge is -2.30. The van der Waals surface area contributed by atoms with Crippen LogP contribution < -0.4 is 5.32 Å². The van der Waals surface area contributed by atoms with Crippen molar-refractivity contribution in [3.05, 3.63) is 54.3 Å². The number of aliphatic carboxylic acids is 1. The SMILES string of the molecule is Cc1ccc(-n2nc(-c3ccco3)cc2NC(=O)N2CCCC(C(=O)O)C2)cc1. The van der Waals surface area contributed by atoms with Crippen LogP contribution in [0.5, 0.6) is 0 Å². The fourth-order valence-corrected chi connectivity index (χ4v) is 3.45. The summed E-state index contributed by atoms with van der Waals surface area (Å²) in [6, 6.07) is 12.8. The van der Waals surface area contributed by atoms with E-state index in [9.17, 15) is 14.7 Å². The zero-order valence-electron chi connectivity index (χ0n) is 16.0. The number of carbonyl (C=O) groups excluding carboxylic acids is 1. The number of amides is 2. The normalized spacial score (nSPS) is 16.6. The number of piperidine rings is 1. The Kier molecular flexibility index (Phi) is 5.07. The van der Waals surface area contributed by atoms with E-state index < -0.39 is 11.9 Å². The van der Waals surface area contributed by atoms with Crippen molar-refractivity contribution in [3.8, 4) is 17.1 Å². The smallest absolute Gasteiger partial charge is 0.323 e. The molecule has 0 spiro atoms. The van der Waals surface area contributed by atoms with Gasteiger partial charge >= 0.3 is 12.0 Å². The van der Waals surface area contributed by atoms with Gasteiger partial charge in [0.05, 0.1) is 17.9 Å². The fraction of sp³-hybridized carbons (Fsp3) is 0.286. The van der Waals surface area contributed by atoms with E-state index in [0.29, 0.717) is 36.7 Å². The number of carboxylic acid groups (broad SMARTS) is 1. The Morgan fingerprint density at radius 1 is 1.24 bits per heavy atom. The van der Waals surface area contributed by atoms with Crippen LogP contribution in [0.15, 0.2) is 53.1 Å². The summed E-state index contributed by atoms with van der Waals surface area (Å²) < 4.78 is 7.09. The molecule has 1 aromatic carbocycles. The van der Waals surface area contributed by atoms with E-state index in [1.54, 1.807) is 34.0 Å². The van der Waals surface area contributed by atoms with Crippen LogP contribution in [0.2, 0.25) is 0 Å². The molecule has 4 rings (SSSR count). The summed E-state index contributed by atoms with van der Waals surface area (Å²) in [6.45, 7) is 2.73. The van der Waals surface area contributed by atoms with E-state index >= 15 is 0 Å². The summed E-state index contributed by atoms with van der Waals surface area (Å²) in [5.74, 6) is -0.319. The first-order valence-electron chi connectivity index (χ1n) is 9.51. The molecular weight excluding hydrogens is 372 g/mol. The van der Waals surface area contributed by atoms with Gasteiger partial charge in [-0.2, -0.15) is 5.10 Å². The van der Waals surface area contributed by atoms with Crippen molar-refractivity contribution < 1.29 is 19.1 Å². The number of furan rings is 1. The molecule has 29 heavy (non-hydrogen) atoms. The van der Waals surface area contributed by atoms with Gasteiger partial charge < -0.3 is 14.4 Å². The first kappa shape index (κ1) is 18.8. The van der Waals surface area contributed by atoms with Crippen LogP contribution in [0, 0.1) is 12.8 Å². The predicted octanol–water partition coefficient (Wildman–Crippen LogP) is 3.77. The molecule has 1 aliphatic rings. The number of hydrogen-bond donors (Lipinski definition) is 2. The number of carboxylic acids is 1. The maximum Gasteiger partial charge on any atom is 0.323 e. The van der Waals surface area contributed by atoms with Crippen molar-refractivity contribution in [1.29, 1.82) is 0 Å². The molecule has 1 atom stereocenters. The second kappa shape index (κ2) is 7.83. The molecule has 2 N–H and O–H groups in total. The summed E-state index contributed by atoms with van der Waals surface area (Å²) in [4.78, 5) is 25.7. The van der Waals surface area contributed by atoms with Crippen LogP contribution in [0.1, 0.15) is 18.4 Å². The zero-order chi connectivity index (χ0) is 20.4. The van der Waals surface area contributed by atoms with Gasteiger partial charge in [0.2, 0.25) is 0 Å². The second-order valence-electron chi connectivity index (χ2n) is 7.19. The summed E-state index contributed by atoms with van der Waals surface area (Å²) >= 11 is 0. The van der Waals surface area contributed by atoms with Gasteiger partial charge in [-0.15, -0.1) is 0 Å². The molecular formula is C21H22N4O4. The molecule has 0 radical (unpaired) electrons. The van der Waals surface area contributed by atoms with E-state index in [4.69, 9.17) is 4.42 Å². The average molecular weight is 394 g/mol. The molecule has 150 valence electrons. The Morgan fingerprint density at radius 2 is 2.03 bits per heavy atom. The molecule has 8 nitrogen and oxygen atoms in total. The van der Waals surface area contributed by atoms with E-state index in [-0.39, 0.29) is 12.6 Å². The van der Waals surface area contributed by atoms with Crippen LogP contribution in [-0.2, 0) is 4.79 Å². The Morgan fingerprint density at radius 3 is 2.72 bits per heavy atom. The van der Waals surface area contributed by atoms with Crippen molar-refractivity contribution in [2.24, 2.45) is 5.92 Å². The lowest BCUT2D eigenvalue weighted by molar-refractivity contribution is -0.143. The van der Waals surface area contributed by atoms with E-state index in [1.165, 1.54) is 0 Å². The standard InChI is InChI=1S/C21H22N4O4/c1-14-6-8-16(9-7-14)25-19(12-17(23-25)18-5-3-11-29-18)22-21(28)24-10-2-4-15(13-24)20(26)27/h3,5-9,11-12,15H,2,4,10,13H2,1H3,(H,22,28)(H,26,27). The molecule has 0 bridgehead atoms. The summed E-state index contributed by atoms with van der Waals surface area (Å²) in [5, 5.41) is 16.7. The number of nitrogens with one attached hydrogen (secondary N) is 1. The van der Waals surface area contributed by atoms with Crippen molar-refractivity contribution in [3.63, 3.8) is 0 Å². The summed E-state index contributed by atoms with van der Waals surface area (Å²) in [7, 11) is 0. The maximum atomic E-state index is 12.8. The number of benzene rings is 1. The third-order valence-electron chi connectivity index (χ3n) is 5.05. The monoisotopic (exact) mass is 394 g/mol. The highest BCUT2D eigenvalue weighted by molar-refractivity contribution is 5.90. The summed E-state index contributed by atoms with van der Waals surface area (Å²) in [5.41, 5.74) is 2.50. The van der Waals surface area contributed by atoms with Gasteiger partial charge in [-0.25, -0.2) is 9.48 Å². The van der Waals surface area contributed by atoms with Crippen LogP contribution in [0.25, 0.3) is 17.1 Å². The molecule has 1 aliphatic heterocycles. The van der Waals surface area contributed by atoms with Gasteiger partial charge in [-0.1, -0.05) is 17.7 Å². The number of likely N-dealkylation sites (tertiary alicyclic amines) is 1. The molecule has 1 fully saturated rings. The number of urea groups is 1. The molecule has 1 saturated heterocycles. The Labute approximate surface area is 167 Å². The minimum Gasteiger partial charge on any atom is -0.481 e. The molecule has 8 heteroatoms. The van der Waals surface area contributed by atoms with Crippen molar-refractivity contribution in [1.82, 2.24) is 14.7 Å². The predicted molar refractivity (Wildman–Crippen MR) is 107 cm³/mol. The highest BCUT2D eigenvalue weighted by atomic mass is 16.4. The van der Waals surface area contributed by atoms with E-state index in [1.807, 2.05) is 31.2 Å². The van der Waals surface area contributed by atoms with Crippen LogP contribution in [-0.4, -0.2) is 44.9 Å². The Hall–Kier alpha value is -3.55. The quantitative estimate of drug-likeness (QED) is 0.702. The summed E-state index contributed by atoms with van der Waals surface area (Å²) in [6.07, 6.45) is 2.82. The van der Waals surface area contributed by atoms with Crippen LogP contribution in [0.4, 0.5) is 10.6 Å². The zero-order valence-corrected chi connectivity index (χ0v) is 16.0. The van der Waals surface area contributed by atoms with Gasteiger partial charge in [0.15, 0.2) is 5.76 Å². The number of rotatable bonds is 4. The van der Waals surface area contributed by atoms with Crippen LogP contribution in [0.3, 0.4) is 0 Å². The number of aryl methyl sites for hydroxylation is 1. The number of carbonyl (C=O) groups is 2. The third kappa shape index (κ3) is 4.01. The number of aromatic nitrogens is 2. The van der Waals surface area contributed by atoms with Crippen molar-refractivity contribution in [2.45, 2.75) is 19.8 Å². The molecule has 0 aliphatic carbocycles. The lowest BCUT2D eigenvalue weighted by atomic mass is 9.99. The highest BCUT2D eigenvalue weighted by Crippen LogP contribution is 2.26. The van der Waals surface area contributed by atoms with Gasteiger partial charge in [-0.3, -0.25) is 10.1 Å². The maximum absolute atomic E-state index is 12.8. The topological polar surface area (TPSA) is 101 Å². The molecule has 2 amide bonds. The number of nitrogens with zero attached hydrogens (tertiary/aromatic N) is 3. The molecule has 2 aromatic heterocycles. The van der Waals surface area contributed by atoms with Crippen LogP contribution >= 0.6 is 0 Å². The van der Waals surface area contributed by atoms with Crippen molar-refractivity contribution >= 4 is 17.8 Å². The molecule has 3 aromatic rings. The van der Waals surface area contributed by atoms with Gasteiger partial charge in [0.25, 0.3) is 0 Å². The van der Waals surface area contributed by atoms with Gasteiger partial charge in [0.1, 0.15) is 11.5 Å². The van der Waals surface area contributed by atoms with E-state index in [0.717, 1.165) is 11.3 Å². The first-order chi connectivity index (χ1) is 14.0. The largest absolute Gasteiger partial charge is 0.481 e. The van der Waals surface area contributed by atoms with Gasteiger partial charge in [0, 0.05) is 19.2 Å². The Bertz CT molecular complexity index is 1010. The molecule has 1 unspecified atom stereocenters. The lowest BCUT2D eigenvalue weighted by Crippen LogP contribution is -2.44. The Balaban J connectivity index is 1.62. The van der Waals surface area contributed by atoms with Crippen molar-refractivity contribution in [2.75, 3.05) is 18.4 Å². The van der Waals surface area contributed by atoms with Gasteiger partial charge in [-0.05, 0) is 44.0 Å². The highest BCUT2D eigenvalue weighted by Gasteiger charge is 2.28. The third-order valence-corrected chi connectivity index (χ3v) is 5.05. The molecule has 3 heterocycles. The minimum atomic E-state index is -0.868. The number of hydrogen-bond acceptors (Lipinski definition) is 4. The second-order valence-corrected chi connectivity index (χ2v) is 7.19. The first-order valence-corrected chi connectivity index (χ1v) is 9.51. The minimum absolute atomic E-state index is 0.199. The average Bonchev–Trinajstić information content (AvgIpc) is 3.39.